The summed E-state index contributed by atoms with van der Waals surface area (Å²) >= 11 is 0. The highest BCUT2D eigenvalue weighted by atomic mass is 16.5. The van der Waals surface area contributed by atoms with E-state index >= 15 is 0 Å². The fraction of sp³-hybridized carbons (Fsp3) is 0.625. The van der Waals surface area contributed by atoms with Gasteiger partial charge in [-0.15, -0.1) is 0 Å². The summed E-state index contributed by atoms with van der Waals surface area (Å²) in [5.41, 5.74) is 1.96. The molecule has 2 aromatic rings. The van der Waals surface area contributed by atoms with Crippen LogP contribution in [0.4, 0.5) is 0 Å². The Morgan fingerprint density at radius 2 is 2.19 bits per heavy atom. The lowest BCUT2D eigenvalue weighted by Crippen LogP contribution is -2.23. The molecule has 0 aromatic carbocycles. The van der Waals surface area contributed by atoms with E-state index < -0.39 is 0 Å². The predicted molar refractivity (Wildman–Crippen MR) is 79.3 cm³/mol. The molecule has 2 fully saturated rings. The zero-order valence-electron chi connectivity index (χ0n) is 12.2. The molecule has 4 rings (SSSR count). The molecular weight excluding hydrogens is 266 g/mol. The molecule has 2 atom stereocenters. The van der Waals surface area contributed by atoms with Gasteiger partial charge < -0.3 is 14.0 Å². The Morgan fingerprint density at radius 3 is 3.00 bits per heavy atom. The molecule has 2 unspecified atom stereocenters. The summed E-state index contributed by atoms with van der Waals surface area (Å²) in [6.07, 6.45) is 6.69. The van der Waals surface area contributed by atoms with Crippen LogP contribution >= 0.6 is 0 Å². The Kier molecular flexibility index (Phi) is 3.61. The molecule has 5 nitrogen and oxygen atoms in total. The molecule has 21 heavy (non-hydrogen) atoms. The summed E-state index contributed by atoms with van der Waals surface area (Å²) in [4.78, 5) is 9.39. The molecule has 0 radical (unpaired) electrons. The average Bonchev–Trinajstić information content (AvgIpc) is 3.17. The fourth-order valence-corrected chi connectivity index (χ4v) is 3.40. The summed E-state index contributed by atoms with van der Waals surface area (Å²) in [6.45, 7) is 3.39. The second kappa shape index (κ2) is 5.73. The molecule has 2 aliphatic rings. The van der Waals surface area contributed by atoms with Crippen LogP contribution < -0.4 is 0 Å². The van der Waals surface area contributed by atoms with Crippen LogP contribution in [-0.2, 0) is 16.0 Å². The summed E-state index contributed by atoms with van der Waals surface area (Å²) in [6, 6.07) is 3.99. The van der Waals surface area contributed by atoms with Crippen molar-refractivity contribution in [3.05, 3.63) is 24.2 Å². The molecule has 2 aromatic heterocycles. The predicted octanol–water partition coefficient (Wildman–Crippen LogP) is 2.50. The number of imidazole rings is 1. The maximum atomic E-state index is 5.81. The zero-order chi connectivity index (χ0) is 14.1. The molecule has 4 heterocycles. The maximum absolute atomic E-state index is 5.81. The summed E-state index contributed by atoms with van der Waals surface area (Å²) in [7, 11) is 0. The van der Waals surface area contributed by atoms with Crippen molar-refractivity contribution in [2.24, 2.45) is 0 Å². The van der Waals surface area contributed by atoms with E-state index in [1.54, 1.807) is 0 Å². The Hall–Kier alpha value is -1.46. The summed E-state index contributed by atoms with van der Waals surface area (Å²) in [5, 5.41) is 0. The lowest BCUT2D eigenvalue weighted by Gasteiger charge is -2.23. The van der Waals surface area contributed by atoms with Gasteiger partial charge in [-0.3, -0.25) is 0 Å². The number of hydrogen-bond acceptors (Lipinski definition) is 4. The van der Waals surface area contributed by atoms with Crippen LogP contribution in [0.2, 0.25) is 0 Å². The third-order valence-electron chi connectivity index (χ3n) is 4.47. The molecule has 2 saturated heterocycles. The van der Waals surface area contributed by atoms with Gasteiger partial charge in [0.2, 0.25) is 0 Å². The second-order valence-electron chi connectivity index (χ2n) is 5.98. The van der Waals surface area contributed by atoms with Gasteiger partial charge in [-0.05, 0) is 37.8 Å². The molecular formula is C16H21N3O2. The molecule has 2 aliphatic heterocycles. The number of fused-ring (bicyclic) bond motifs is 1. The van der Waals surface area contributed by atoms with Crippen molar-refractivity contribution in [2.75, 3.05) is 19.8 Å². The molecule has 0 N–H and O–H groups in total. The highest BCUT2D eigenvalue weighted by Gasteiger charge is 2.26. The third kappa shape index (κ3) is 2.56. The first-order valence-electron chi connectivity index (χ1n) is 7.92. The van der Waals surface area contributed by atoms with Crippen molar-refractivity contribution in [1.29, 1.82) is 0 Å². The number of hydrogen-bond donors (Lipinski definition) is 0. The molecule has 0 spiro atoms. The van der Waals surface area contributed by atoms with E-state index in [1.807, 2.05) is 18.3 Å². The standard InChI is InChI=1S/C16H21N3O2/c1-6-14-16(17-7-1)19(10-13-5-3-9-21-13)15(18-14)12-4-2-8-20-11-12/h1,6-7,12-13H,2-5,8-11H2. The quantitative estimate of drug-likeness (QED) is 0.870. The third-order valence-corrected chi connectivity index (χ3v) is 4.47. The van der Waals surface area contributed by atoms with Gasteiger partial charge in [0.15, 0.2) is 5.65 Å². The van der Waals surface area contributed by atoms with Crippen molar-refractivity contribution in [3.8, 4) is 0 Å². The van der Waals surface area contributed by atoms with Crippen LogP contribution in [0.15, 0.2) is 18.3 Å². The number of ether oxygens (including phenoxy) is 2. The first-order chi connectivity index (χ1) is 10.4. The number of rotatable bonds is 3. The van der Waals surface area contributed by atoms with Crippen molar-refractivity contribution in [2.45, 2.75) is 44.2 Å². The van der Waals surface area contributed by atoms with E-state index in [9.17, 15) is 0 Å². The van der Waals surface area contributed by atoms with Crippen LogP contribution in [0.3, 0.4) is 0 Å². The van der Waals surface area contributed by atoms with E-state index in [0.29, 0.717) is 12.0 Å². The Balaban J connectivity index is 1.72. The van der Waals surface area contributed by atoms with Gasteiger partial charge in [0.1, 0.15) is 11.3 Å². The van der Waals surface area contributed by atoms with Gasteiger partial charge in [0.05, 0.1) is 19.3 Å². The second-order valence-corrected chi connectivity index (χ2v) is 5.98. The topological polar surface area (TPSA) is 49.2 Å². The minimum Gasteiger partial charge on any atom is -0.381 e. The highest BCUT2D eigenvalue weighted by molar-refractivity contribution is 5.71. The van der Waals surface area contributed by atoms with E-state index in [1.165, 1.54) is 0 Å². The van der Waals surface area contributed by atoms with Gasteiger partial charge in [-0.1, -0.05) is 0 Å². The normalized spacial score (nSPS) is 26.5. The Labute approximate surface area is 124 Å². The van der Waals surface area contributed by atoms with E-state index in [4.69, 9.17) is 14.5 Å². The number of aromatic nitrogens is 3. The minimum atomic E-state index is 0.299. The van der Waals surface area contributed by atoms with E-state index in [-0.39, 0.29) is 0 Å². The number of pyridine rings is 1. The smallest absolute Gasteiger partial charge is 0.160 e. The first-order valence-corrected chi connectivity index (χ1v) is 7.92. The van der Waals surface area contributed by atoms with Gasteiger partial charge in [-0.25, -0.2) is 9.97 Å². The van der Waals surface area contributed by atoms with Crippen LogP contribution in [0, 0.1) is 0 Å². The SMILES string of the molecule is c1cnc2c(c1)nc(C1CCCOC1)n2CC1CCCO1. The van der Waals surface area contributed by atoms with E-state index in [2.05, 4.69) is 9.55 Å². The molecule has 112 valence electrons. The van der Waals surface area contributed by atoms with Crippen LogP contribution in [0.1, 0.15) is 37.4 Å². The Morgan fingerprint density at radius 1 is 1.24 bits per heavy atom. The zero-order valence-corrected chi connectivity index (χ0v) is 12.2. The highest BCUT2D eigenvalue weighted by Crippen LogP contribution is 2.28. The summed E-state index contributed by atoms with van der Waals surface area (Å²) < 4.78 is 13.7. The maximum Gasteiger partial charge on any atom is 0.160 e. The lowest BCUT2D eigenvalue weighted by molar-refractivity contribution is 0.0732. The van der Waals surface area contributed by atoms with Crippen LogP contribution in [0.5, 0.6) is 0 Å². The molecule has 0 aliphatic carbocycles. The molecule has 0 saturated carbocycles. The van der Waals surface area contributed by atoms with Crippen molar-refractivity contribution >= 4 is 11.2 Å². The van der Waals surface area contributed by atoms with Crippen molar-refractivity contribution in [1.82, 2.24) is 14.5 Å². The van der Waals surface area contributed by atoms with Gasteiger partial charge >= 0.3 is 0 Å². The molecule has 0 amide bonds. The lowest BCUT2D eigenvalue weighted by atomic mass is 10.0. The minimum absolute atomic E-state index is 0.299. The van der Waals surface area contributed by atoms with Crippen molar-refractivity contribution in [3.63, 3.8) is 0 Å². The number of nitrogens with zero attached hydrogens (tertiary/aromatic N) is 3. The van der Waals surface area contributed by atoms with Gasteiger partial charge in [0.25, 0.3) is 0 Å². The molecule has 5 heteroatoms. The van der Waals surface area contributed by atoms with E-state index in [0.717, 1.165) is 69.0 Å². The Bertz CT molecular complexity index is 613. The van der Waals surface area contributed by atoms with Crippen molar-refractivity contribution < 1.29 is 9.47 Å². The fourth-order valence-electron chi connectivity index (χ4n) is 3.40. The van der Waals surface area contributed by atoms with Crippen LogP contribution in [0.25, 0.3) is 11.2 Å². The largest absolute Gasteiger partial charge is 0.381 e. The van der Waals surface area contributed by atoms with Crippen LogP contribution in [-0.4, -0.2) is 40.5 Å². The molecule has 0 bridgehead atoms. The average molecular weight is 287 g/mol. The monoisotopic (exact) mass is 287 g/mol. The van der Waals surface area contributed by atoms with Gasteiger partial charge in [-0.2, -0.15) is 0 Å². The first kappa shape index (κ1) is 13.2. The van der Waals surface area contributed by atoms with Gasteiger partial charge in [0, 0.05) is 25.3 Å². The summed E-state index contributed by atoms with van der Waals surface area (Å²) in [5.74, 6) is 1.51.